The maximum absolute atomic E-state index is 11.9. The molecule has 1 saturated carbocycles. The monoisotopic (exact) mass is 342 g/mol. The fourth-order valence-electron chi connectivity index (χ4n) is 2.92. The largest absolute Gasteiger partial charge is 0.473 e. The summed E-state index contributed by atoms with van der Waals surface area (Å²) in [5.41, 5.74) is 7.46. The van der Waals surface area contributed by atoms with Crippen LogP contribution < -0.4 is 15.8 Å². The lowest BCUT2D eigenvalue weighted by atomic mass is 9.98. The van der Waals surface area contributed by atoms with Gasteiger partial charge in [0.15, 0.2) is 5.82 Å². The van der Waals surface area contributed by atoms with E-state index in [1.807, 2.05) is 6.07 Å². The van der Waals surface area contributed by atoms with E-state index in [0.29, 0.717) is 28.6 Å². The highest BCUT2D eigenvalue weighted by molar-refractivity contribution is 5.96. The van der Waals surface area contributed by atoms with Crippen LogP contribution in [-0.2, 0) is 4.74 Å². The molecular formula is C18H22N4O3. The molecule has 7 nitrogen and oxygen atoms in total. The number of methoxy groups -OCH3 is 1. The van der Waals surface area contributed by atoms with Gasteiger partial charge in [-0.1, -0.05) is 18.6 Å². The number of esters is 1. The van der Waals surface area contributed by atoms with E-state index in [0.717, 1.165) is 25.7 Å². The van der Waals surface area contributed by atoms with Crippen molar-refractivity contribution in [2.75, 3.05) is 18.2 Å². The first-order valence-corrected chi connectivity index (χ1v) is 8.40. The van der Waals surface area contributed by atoms with Gasteiger partial charge in [-0.2, -0.15) is 4.98 Å². The second-order valence-electron chi connectivity index (χ2n) is 5.98. The van der Waals surface area contributed by atoms with Crippen molar-refractivity contribution >= 4 is 23.2 Å². The highest BCUT2D eigenvalue weighted by atomic mass is 16.5. The Balaban J connectivity index is 1.82. The molecule has 3 N–H and O–H groups in total. The number of nitrogens with one attached hydrogen (secondary N) is 1. The molecule has 1 aromatic heterocycles. The van der Waals surface area contributed by atoms with Gasteiger partial charge in [-0.15, -0.1) is 0 Å². The number of aromatic nitrogens is 2. The molecule has 0 aliphatic heterocycles. The molecule has 25 heavy (non-hydrogen) atoms. The van der Waals surface area contributed by atoms with Gasteiger partial charge < -0.3 is 20.5 Å². The Bertz CT molecular complexity index is 745. The van der Waals surface area contributed by atoms with Crippen molar-refractivity contribution in [3.63, 3.8) is 0 Å². The molecule has 1 aromatic carbocycles. The average molecular weight is 342 g/mol. The second kappa shape index (κ2) is 7.83. The minimum Gasteiger partial charge on any atom is -0.473 e. The molecular weight excluding hydrogens is 320 g/mol. The van der Waals surface area contributed by atoms with Gasteiger partial charge in [-0.25, -0.2) is 9.78 Å². The van der Waals surface area contributed by atoms with Crippen molar-refractivity contribution in [1.82, 2.24) is 9.97 Å². The molecule has 1 aliphatic rings. The Hall–Kier alpha value is -2.83. The van der Waals surface area contributed by atoms with E-state index in [2.05, 4.69) is 15.3 Å². The van der Waals surface area contributed by atoms with Crippen LogP contribution >= 0.6 is 0 Å². The Labute approximate surface area is 146 Å². The van der Waals surface area contributed by atoms with E-state index >= 15 is 0 Å². The van der Waals surface area contributed by atoms with Gasteiger partial charge >= 0.3 is 5.97 Å². The summed E-state index contributed by atoms with van der Waals surface area (Å²) in [6.07, 6.45) is 7.13. The van der Waals surface area contributed by atoms with Crippen molar-refractivity contribution in [2.24, 2.45) is 0 Å². The quantitative estimate of drug-likeness (QED) is 0.804. The van der Waals surface area contributed by atoms with Crippen molar-refractivity contribution in [3.05, 3.63) is 36.2 Å². The van der Waals surface area contributed by atoms with E-state index in [1.165, 1.54) is 19.9 Å². The van der Waals surface area contributed by atoms with E-state index in [4.69, 9.17) is 15.2 Å². The first-order valence-electron chi connectivity index (χ1n) is 8.40. The third-order valence-corrected chi connectivity index (χ3v) is 4.26. The summed E-state index contributed by atoms with van der Waals surface area (Å²) in [4.78, 5) is 20.2. The maximum atomic E-state index is 11.9. The first-order chi connectivity index (χ1) is 12.2. The third kappa shape index (κ3) is 3.99. The average Bonchev–Trinajstić information content (AvgIpc) is 2.65. The molecule has 7 heteroatoms. The first kappa shape index (κ1) is 17.0. The molecule has 0 amide bonds. The van der Waals surface area contributed by atoms with E-state index < -0.39 is 5.97 Å². The molecule has 0 atom stereocenters. The van der Waals surface area contributed by atoms with Gasteiger partial charge in [0.25, 0.3) is 0 Å². The van der Waals surface area contributed by atoms with Crippen LogP contribution in [0.1, 0.15) is 42.5 Å². The molecule has 1 heterocycles. The fraction of sp³-hybridized carbons (Fsp3) is 0.389. The Morgan fingerprint density at radius 3 is 2.72 bits per heavy atom. The predicted octanol–water partition coefficient (Wildman–Crippen LogP) is 3.30. The van der Waals surface area contributed by atoms with Crippen LogP contribution in [0.15, 0.2) is 30.6 Å². The van der Waals surface area contributed by atoms with Crippen LogP contribution in [0.5, 0.6) is 5.88 Å². The van der Waals surface area contributed by atoms with Crippen LogP contribution in [0.2, 0.25) is 0 Å². The summed E-state index contributed by atoms with van der Waals surface area (Å²) < 4.78 is 10.8. The van der Waals surface area contributed by atoms with Crippen LogP contribution in [0.4, 0.5) is 17.2 Å². The SMILES string of the molecule is COC(=O)c1ccccc1Nc1ncnc(OC2CCCCC2)c1N. The number of para-hydroxylation sites is 1. The molecule has 0 radical (unpaired) electrons. The Morgan fingerprint density at radius 1 is 1.20 bits per heavy atom. The summed E-state index contributed by atoms with van der Waals surface area (Å²) in [7, 11) is 1.34. The zero-order chi connectivity index (χ0) is 17.6. The number of anilines is 3. The van der Waals surface area contributed by atoms with Crippen LogP contribution in [0.3, 0.4) is 0 Å². The van der Waals surface area contributed by atoms with Gasteiger partial charge in [0.2, 0.25) is 5.88 Å². The number of rotatable bonds is 5. The summed E-state index contributed by atoms with van der Waals surface area (Å²) in [6.45, 7) is 0. The summed E-state index contributed by atoms with van der Waals surface area (Å²) in [6, 6.07) is 7.00. The summed E-state index contributed by atoms with van der Waals surface area (Å²) in [5, 5.41) is 3.08. The zero-order valence-corrected chi connectivity index (χ0v) is 14.2. The van der Waals surface area contributed by atoms with Crippen LogP contribution in [0, 0.1) is 0 Å². The molecule has 132 valence electrons. The molecule has 0 unspecified atom stereocenters. The number of hydrogen-bond donors (Lipinski definition) is 2. The zero-order valence-electron chi connectivity index (χ0n) is 14.2. The number of carbonyl (C=O) groups excluding carboxylic acids is 1. The molecule has 0 saturated heterocycles. The van der Waals surface area contributed by atoms with Crippen molar-refractivity contribution in [2.45, 2.75) is 38.2 Å². The second-order valence-corrected chi connectivity index (χ2v) is 5.98. The highest BCUT2D eigenvalue weighted by Crippen LogP contribution is 2.31. The van der Waals surface area contributed by atoms with Crippen molar-refractivity contribution < 1.29 is 14.3 Å². The summed E-state index contributed by atoms with van der Waals surface area (Å²) in [5.74, 6) is 0.339. The smallest absolute Gasteiger partial charge is 0.339 e. The number of benzene rings is 1. The molecule has 1 aliphatic carbocycles. The topological polar surface area (TPSA) is 99.4 Å². The predicted molar refractivity (Wildman–Crippen MR) is 95.0 cm³/mol. The molecule has 0 bridgehead atoms. The molecule has 1 fully saturated rings. The minimum absolute atomic E-state index is 0.140. The van der Waals surface area contributed by atoms with Gasteiger partial charge in [0.1, 0.15) is 18.1 Å². The standard InChI is InChI=1S/C18H22N4O3/c1-24-18(23)13-9-5-6-10-14(13)22-16-15(19)17(21-11-20-16)25-12-7-3-2-4-8-12/h5-6,9-12H,2-4,7-8,19H2,1H3,(H,20,21,22). The van der Waals surface area contributed by atoms with E-state index in [-0.39, 0.29) is 6.10 Å². The number of nitrogens with zero attached hydrogens (tertiary/aromatic N) is 2. The number of carbonyl (C=O) groups is 1. The highest BCUT2D eigenvalue weighted by Gasteiger charge is 2.19. The lowest BCUT2D eigenvalue weighted by Crippen LogP contribution is -2.21. The lowest BCUT2D eigenvalue weighted by molar-refractivity contribution is 0.0602. The fourth-order valence-corrected chi connectivity index (χ4v) is 2.92. The summed E-state index contributed by atoms with van der Waals surface area (Å²) >= 11 is 0. The third-order valence-electron chi connectivity index (χ3n) is 4.26. The van der Waals surface area contributed by atoms with Gasteiger partial charge in [0, 0.05) is 0 Å². The number of hydrogen-bond acceptors (Lipinski definition) is 7. The maximum Gasteiger partial charge on any atom is 0.339 e. The Morgan fingerprint density at radius 2 is 1.96 bits per heavy atom. The lowest BCUT2D eigenvalue weighted by Gasteiger charge is -2.23. The Kier molecular flexibility index (Phi) is 5.33. The van der Waals surface area contributed by atoms with Crippen molar-refractivity contribution in [3.8, 4) is 5.88 Å². The molecule has 3 rings (SSSR count). The van der Waals surface area contributed by atoms with Gasteiger partial charge in [-0.3, -0.25) is 0 Å². The molecule has 0 spiro atoms. The number of nitrogen functional groups attached to an aromatic ring is 1. The number of nitrogens with two attached hydrogens (primary N) is 1. The van der Waals surface area contributed by atoms with Gasteiger partial charge in [-0.05, 0) is 37.8 Å². The van der Waals surface area contributed by atoms with Crippen LogP contribution in [0.25, 0.3) is 0 Å². The number of ether oxygens (including phenoxy) is 2. The van der Waals surface area contributed by atoms with E-state index in [9.17, 15) is 4.79 Å². The van der Waals surface area contributed by atoms with E-state index in [1.54, 1.807) is 18.2 Å². The normalized spacial score (nSPS) is 14.8. The van der Waals surface area contributed by atoms with Gasteiger partial charge in [0.05, 0.1) is 18.4 Å². The van der Waals surface area contributed by atoms with Crippen molar-refractivity contribution in [1.29, 1.82) is 0 Å². The molecule has 2 aromatic rings. The van der Waals surface area contributed by atoms with Crippen LogP contribution in [-0.4, -0.2) is 29.2 Å². The minimum atomic E-state index is -0.436.